The number of rotatable bonds is 6. The highest BCUT2D eigenvalue weighted by atomic mass is 16.5. The zero-order valence-corrected chi connectivity index (χ0v) is 18.6. The Morgan fingerprint density at radius 1 is 1.03 bits per heavy atom. The minimum Gasteiger partial charge on any atom is -0.497 e. The molecule has 0 atom stereocenters. The Morgan fingerprint density at radius 3 is 2.39 bits per heavy atom. The van der Waals surface area contributed by atoms with Crippen molar-refractivity contribution in [3.05, 3.63) is 65.1 Å². The molecular formula is C24H26N6O3. The quantitative estimate of drug-likeness (QED) is 0.469. The number of nitrogens with one attached hydrogen (secondary N) is 2. The number of benzene rings is 2. The number of hydrogen-bond donors (Lipinski definition) is 2. The van der Waals surface area contributed by atoms with E-state index in [1.165, 1.54) is 0 Å². The highest BCUT2D eigenvalue weighted by molar-refractivity contribution is 5.76. The molecule has 1 fully saturated rings. The van der Waals surface area contributed by atoms with Gasteiger partial charge in [0.1, 0.15) is 16.9 Å². The summed E-state index contributed by atoms with van der Waals surface area (Å²) in [4.78, 5) is 22.5. The van der Waals surface area contributed by atoms with Crippen LogP contribution in [0.5, 0.6) is 11.5 Å². The number of hydrogen-bond acceptors (Lipinski definition) is 7. The third kappa shape index (κ3) is 4.21. The first-order chi connectivity index (χ1) is 16.1. The monoisotopic (exact) mass is 446 g/mol. The average Bonchev–Trinajstić information content (AvgIpc) is 3.29. The van der Waals surface area contributed by atoms with Crippen molar-refractivity contribution < 1.29 is 9.47 Å². The molecule has 0 spiro atoms. The summed E-state index contributed by atoms with van der Waals surface area (Å²) < 4.78 is 12.4. The maximum absolute atomic E-state index is 12.7. The lowest BCUT2D eigenvalue weighted by atomic mass is 10.0. The van der Waals surface area contributed by atoms with E-state index in [0.29, 0.717) is 23.0 Å². The summed E-state index contributed by atoms with van der Waals surface area (Å²) >= 11 is 0. The van der Waals surface area contributed by atoms with Crippen LogP contribution in [-0.4, -0.2) is 53.1 Å². The van der Waals surface area contributed by atoms with Gasteiger partial charge in [-0.2, -0.15) is 10.1 Å². The van der Waals surface area contributed by atoms with E-state index in [1.54, 1.807) is 25.1 Å². The van der Waals surface area contributed by atoms with Crippen LogP contribution in [0.3, 0.4) is 0 Å². The number of piperidine rings is 1. The minimum absolute atomic E-state index is 0.180. The number of ether oxygens (including phenoxy) is 2. The molecule has 0 aliphatic carbocycles. The lowest BCUT2D eigenvalue weighted by Crippen LogP contribution is -2.40. The van der Waals surface area contributed by atoms with Gasteiger partial charge in [-0.1, -0.05) is 18.2 Å². The standard InChI is InChI=1S/C24H26N6O3/c1-32-19-12-17(13-20(14-19)33-2)26-16-8-10-29(11-9-16)24-27-22-21(23(31)28-24)15-25-30(22)18-6-4-3-5-7-18/h3-7,12-16,26H,8-11H2,1-2H3,(H,27,28,31). The molecular weight excluding hydrogens is 420 g/mol. The number of methoxy groups -OCH3 is 2. The number of nitrogens with zero attached hydrogens (tertiary/aromatic N) is 4. The molecule has 0 amide bonds. The SMILES string of the molecule is COc1cc(NC2CCN(c3nc4c(cnn4-c4ccccc4)c(=O)[nH]3)CC2)cc(OC)c1. The van der Waals surface area contributed by atoms with Crippen LogP contribution in [0.15, 0.2) is 59.5 Å². The number of fused-ring (bicyclic) bond motifs is 1. The van der Waals surface area contributed by atoms with Crippen LogP contribution < -0.4 is 25.2 Å². The van der Waals surface area contributed by atoms with Gasteiger partial charge < -0.3 is 19.7 Å². The van der Waals surface area contributed by atoms with Crippen LogP contribution in [0.2, 0.25) is 0 Å². The molecule has 0 bridgehead atoms. The van der Waals surface area contributed by atoms with Crippen LogP contribution in [-0.2, 0) is 0 Å². The molecule has 0 radical (unpaired) electrons. The summed E-state index contributed by atoms with van der Waals surface area (Å²) in [5.41, 5.74) is 2.21. The van der Waals surface area contributed by atoms with E-state index in [9.17, 15) is 4.79 Å². The zero-order chi connectivity index (χ0) is 22.8. The van der Waals surface area contributed by atoms with Crippen molar-refractivity contribution in [1.82, 2.24) is 19.7 Å². The second-order valence-electron chi connectivity index (χ2n) is 8.03. The molecule has 3 heterocycles. The van der Waals surface area contributed by atoms with Crippen molar-refractivity contribution in [2.75, 3.05) is 37.5 Å². The minimum atomic E-state index is -0.180. The predicted molar refractivity (Wildman–Crippen MR) is 128 cm³/mol. The average molecular weight is 447 g/mol. The van der Waals surface area contributed by atoms with Gasteiger partial charge in [0, 0.05) is 43.0 Å². The lowest BCUT2D eigenvalue weighted by Gasteiger charge is -2.33. The van der Waals surface area contributed by atoms with Gasteiger partial charge in [0.2, 0.25) is 5.95 Å². The molecule has 33 heavy (non-hydrogen) atoms. The Kier molecular flexibility index (Phi) is 5.60. The van der Waals surface area contributed by atoms with Crippen LogP contribution in [0, 0.1) is 0 Å². The van der Waals surface area contributed by atoms with Gasteiger partial charge in [-0.15, -0.1) is 0 Å². The van der Waals surface area contributed by atoms with Gasteiger partial charge >= 0.3 is 0 Å². The Morgan fingerprint density at radius 2 is 1.73 bits per heavy atom. The lowest BCUT2D eigenvalue weighted by molar-refractivity contribution is 0.394. The summed E-state index contributed by atoms with van der Waals surface area (Å²) in [5.74, 6) is 2.07. The second-order valence-corrected chi connectivity index (χ2v) is 8.03. The van der Waals surface area contributed by atoms with Crippen molar-refractivity contribution in [3.8, 4) is 17.2 Å². The second kappa shape index (κ2) is 8.85. The number of aromatic nitrogens is 4. The Bertz CT molecular complexity index is 1290. The molecule has 9 nitrogen and oxygen atoms in total. The fourth-order valence-electron chi connectivity index (χ4n) is 4.18. The van der Waals surface area contributed by atoms with E-state index in [1.807, 2.05) is 48.5 Å². The van der Waals surface area contributed by atoms with E-state index in [4.69, 9.17) is 14.5 Å². The van der Waals surface area contributed by atoms with Gasteiger partial charge in [0.15, 0.2) is 5.65 Å². The molecule has 1 saturated heterocycles. The maximum atomic E-state index is 12.7. The Balaban J connectivity index is 1.33. The van der Waals surface area contributed by atoms with Crippen LogP contribution in [0.1, 0.15) is 12.8 Å². The van der Waals surface area contributed by atoms with Crippen molar-refractivity contribution in [3.63, 3.8) is 0 Å². The number of aromatic amines is 1. The Hall–Kier alpha value is -4.01. The maximum Gasteiger partial charge on any atom is 0.263 e. The molecule has 2 aromatic heterocycles. The number of H-pyrrole nitrogens is 1. The summed E-state index contributed by atoms with van der Waals surface area (Å²) in [6.07, 6.45) is 3.37. The fraction of sp³-hybridized carbons (Fsp3) is 0.292. The third-order valence-electron chi connectivity index (χ3n) is 5.94. The van der Waals surface area contributed by atoms with Crippen LogP contribution >= 0.6 is 0 Å². The number of anilines is 2. The smallest absolute Gasteiger partial charge is 0.263 e. The summed E-state index contributed by atoms with van der Waals surface area (Å²) in [6, 6.07) is 15.8. The molecule has 5 rings (SSSR count). The normalized spacial score (nSPS) is 14.4. The highest BCUT2D eigenvalue weighted by Crippen LogP contribution is 2.28. The predicted octanol–water partition coefficient (Wildman–Crippen LogP) is 3.21. The zero-order valence-electron chi connectivity index (χ0n) is 18.6. The first-order valence-corrected chi connectivity index (χ1v) is 10.9. The molecule has 2 aromatic carbocycles. The first kappa shape index (κ1) is 20.9. The van der Waals surface area contributed by atoms with E-state index in [2.05, 4.69) is 20.3 Å². The third-order valence-corrected chi connectivity index (χ3v) is 5.94. The van der Waals surface area contributed by atoms with E-state index < -0.39 is 0 Å². The van der Waals surface area contributed by atoms with Crippen LogP contribution in [0.4, 0.5) is 11.6 Å². The van der Waals surface area contributed by atoms with Gasteiger partial charge in [-0.3, -0.25) is 9.78 Å². The van der Waals surface area contributed by atoms with Crippen molar-refractivity contribution in [1.29, 1.82) is 0 Å². The van der Waals surface area contributed by atoms with Crippen molar-refractivity contribution >= 4 is 22.7 Å². The topological polar surface area (TPSA) is 97.3 Å². The summed E-state index contributed by atoms with van der Waals surface area (Å²) in [5, 5.41) is 8.44. The van der Waals surface area contributed by atoms with Gasteiger partial charge in [-0.05, 0) is 25.0 Å². The summed E-state index contributed by atoms with van der Waals surface area (Å²) in [7, 11) is 3.29. The van der Waals surface area contributed by atoms with E-state index in [0.717, 1.165) is 48.8 Å². The number of para-hydroxylation sites is 1. The molecule has 1 aliphatic heterocycles. The fourth-order valence-corrected chi connectivity index (χ4v) is 4.18. The molecule has 1 aliphatic rings. The molecule has 2 N–H and O–H groups in total. The van der Waals surface area contributed by atoms with E-state index in [-0.39, 0.29) is 5.56 Å². The summed E-state index contributed by atoms with van der Waals surface area (Å²) in [6.45, 7) is 1.54. The van der Waals surface area contributed by atoms with Gasteiger partial charge in [-0.25, -0.2) is 4.68 Å². The van der Waals surface area contributed by atoms with Crippen LogP contribution in [0.25, 0.3) is 16.7 Å². The van der Waals surface area contributed by atoms with Gasteiger partial charge in [0.25, 0.3) is 5.56 Å². The molecule has 4 aromatic rings. The Labute approximate surface area is 191 Å². The molecule has 0 unspecified atom stereocenters. The molecule has 9 heteroatoms. The first-order valence-electron chi connectivity index (χ1n) is 10.9. The largest absolute Gasteiger partial charge is 0.497 e. The van der Waals surface area contributed by atoms with Crippen molar-refractivity contribution in [2.45, 2.75) is 18.9 Å². The molecule has 0 saturated carbocycles. The van der Waals surface area contributed by atoms with E-state index >= 15 is 0 Å². The van der Waals surface area contributed by atoms with Crippen molar-refractivity contribution in [2.24, 2.45) is 0 Å². The van der Waals surface area contributed by atoms with Gasteiger partial charge in [0.05, 0.1) is 26.1 Å². The highest BCUT2D eigenvalue weighted by Gasteiger charge is 2.22. The molecule has 170 valence electrons.